The summed E-state index contributed by atoms with van der Waals surface area (Å²) in [5.41, 5.74) is 2.11. The Kier molecular flexibility index (Phi) is 4.91. The summed E-state index contributed by atoms with van der Waals surface area (Å²) in [5.74, 6) is 0.0615. The number of rotatable bonds is 5. The standard InChI is InChI=1S/C15H24N2O/c1-11-7-6-8-13(9-11)12(2)17-10-15(3,4)14(18)16-5/h6-9,12,17H,10H2,1-5H3,(H,16,18). The molecule has 0 saturated carbocycles. The quantitative estimate of drug-likeness (QED) is 0.840. The predicted octanol–water partition coefficient (Wildman–Crippen LogP) is 2.42. The van der Waals surface area contributed by atoms with Crippen LogP contribution in [0.15, 0.2) is 24.3 Å². The molecule has 0 heterocycles. The first-order valence-corrected chi connectivity index (χ1v) is 6.39. The molecule has 1 atom stereocenters. The number of carbonyl (C=O) groups is 1. The molecule has 18 heavy (non-hydrogen) atoms. The Bertz CT molecular complexity index is 413. The maximum atomic E-state index is 11.7. The van der Waals surface area contributed by atoms with E-state index in [-0.39, 0.29) is 11.9 Å². The van der Waals surface area contributed by atoms with Crippen molar-refractivity contribution in [2.24, 2.45) is 5.41 Å². The fourth-order valence-corrected chi connectivity index (χ4v) is 1.88. The van der Waals surface area contributed by atoms with E-state index >= 15 is 0 Å². The zero-order valence-electron chi connectivity index (χ0n) is 12.0. The summed E-state index contributed by atoms with van der Waals surface area (Å²) in [6, 6.07) is 8.67. The SMILES string of the molecule is CNC(=O)C(C)(C)CNC(C)c1cccc(C)c1. The van der Waals surface area contributed by atoms with Gasteiger partial charge in [-0.25, -0.2) is 0 Å². The second kappa shape index (κ2) is 6.01. The number of benzene rings is 1. The Morgan fingerprint density at radius 3 is 2.61 bits per heavy atom. The minimum atomic E-state index is -0.396. The zero-order valence-corrected chi connectivity index (χ0v) is 12.0. The van der Waals surface area contributed by atoms with Gasteiger partial charge in [0.05, 0.1) is 5.41 Å². The van der Waals surface area contributed by atoms with Gasteiger partial charge in [-0.05, 0) is 33.3 Å². The molecule has 0 aliphatic carbocycles. The molecule has 1 amide bonds. The van der Waals surface area contributed by atoms with Crippen molar-refractivity contribution in [1.82, 2.24) is 10.6 Å². The van der Waals surface area contributed by atoms with Crippen molar-refractivity contribution < 1.29 is 4.79 Å². The van der Waals surface area contributed by atoms with Crippen molar-refractivity contribution in [3.8, 4) is 0 Å². The van der Waals surface area contributed by atoms with Crippen LogP contribution in [0.2, 0.25) is 0 Å². The summed E-state index contributed by atoms with van der Waals surface area (Å²) in [6.45, 7) is 8.75. The summed E-state index contributed by atoms with van der Waals surface area (Å²) in [6.07, 6.45) is 0. The molecule has 0 radical (unpaired) electrons. The van der Waals surface area contributed by atoms with Gasteiger partial charge in [0.2, 0.25) is 5.91 Å². The molecular weight excluding hydrogens is 224 g/mol. The molecule has 0 bridgehead atoms. The minimum Gasteiger partial charge on any atom is -0.359 e. The van der Waals surface area contributed by atoms with Crippen molar-refractivity contribution in [3.05, 3.63) is 35.4 Å². The number of hydrogen-bond acceptors (Lipinski definition) is 2. The number of aryl methyl sites for hydroxylation is 1. The monoisotopic (exact) mass is 248 g/mol. The fourth-order valence-electron chi connectivity index (χ4n) is 1.88. The van der Waals surface area contributed by atoms with Gasteiger partial charge in [-0.2, -0.15) is 0 Å². The molecule has 0 fully saturated rings. The van der Waals surface area contributed by atoms with Gasteiger partial charge in [0.15, 0.2) is 0 Å². The predicted molar refractivity (Wildman–Crippen MR) is 75.4 cm³/mol. The molecule has 3 nitrogen and oxygen atoms in total. The van der Waals surface area contributed by atoms with E-state index in [0.717, 1.165) is 0 Å². The minimum absolute atomic E-state index is 0.0615. The lowest BCUT2D eigenvalue weighted by Crippen LogP contribution is -2.42. The molecule has 1 aromatic carbocycles. The van der Waals surface area contributed by atoms with Crippen LogP contribution in [-0.2, 0) is 4.79 Å². The Labute approximate surface area is 110 Å². The second-order valence-corrected chi connectivity index (χ2v) is 5.48. The smallest absolute Gasteiger partial charge is 0.226 e. The van der Waals surface area contributed by atoms with Crippen molar-refractivity contribution in [2.75, 3.05) is 13.6 Å². The molecule has 0 aliphatic rings. The van der Waals surface area contributed by atoms with E-state index in [9.17, 15) is 4.79 Å². The number of hydrogen-bond donors (Lipinski definition) is 2. The van der Waals surface area contributed by atoms with Gasteiger partial charge in [0.1, 0.15) is 0 Å². The van der Waals surface area contributed by atoms with Crippen LogP contribution in [0, 0.1) is 12.3 Å². The Balaban J connectivity index is 2.61. The fraction of sp³-hybridized carbons (Fsp3) is 0.533. The average molecular weight is 248 g/mol. The largest absolute Gasteiger partial charge is 0.359 e. The van der Waals surface area contributed by atoms with E-state index < -0.39 is 5.41 Å². The number of amides is 1. The highest BCUT2D eigenvalue weighted by Crippen LogP contribution is 2.18. The lowest BCUT2D eigenvalue weighted by atomic mass is 9.91. The molecule has 0 aliphatic heterocycles. The lowest BCUT2D eigenvalue weighted by Gasteiger charge is -2.25. The molecule has 3 heteroatoms. The molecule has 0 spiro atoms. The molecule has 1 unspecified atom stereocenters. The van der Waals surface area contributed by atoms with E-state index in [2.05, 4.69) is 48.7 Å². The second-order valence-electron chi connectivity index (χ2n) is 5.48. The average Bonchev–Trinajstić information content (AvgIpc) is 2.35. The van der Waals surface area contributed by atoms with Crippen molar-refractivity contribution >= 4 is 5.91 Å². The molecule has 0 aromatic heterocycles. The van der Waals surface area contributed by atoms with Gasteiger partial charge < -0.3 is 10.6 Å². The first kappa shape index (κ1) is 14.7. The Hall–Kier alpha value is -1.35. The molecular formula is C15H24N2O. The summed E-state index contributed by atoms with van der Waals surface area (Å²) in [5, 5.41) is 6.12. The Morgan fingerprint density at radius 1 is 1.39 bits per heavy atom. The maximum Gasteiger partial charge on any atom is 0.226 e. The van der Waals surface area contributed by atoms with Crippen LogP contribution in [0.1, 0.15) is 37.9 Å². The summed E-state index contributed by atoms with van der Waals surface area (Å²) >= 11 is 0. The van der Waals surface area contributed by atoms with Gasteiger partial charge >= 0.3 is 0 Å². The maximum absolute atomic E-state index is 11.7. The Morgan fingerprint density at radius 2 is 2.06 bits per heavy atom. The highest BCUT2D eigenvalue weighted by atomic mass is 16.2. The first-order chi connectivity index (χ1) is 8.36. The summed E-state index contributed by atoms with van der Waals surface area (Å²) in [4.78, 5) is 11.7. The highest BCUT2D eigenvalue weighted by Gasteiger charge is 2.26. The van der Waals surface area contributed by atoms with Crippen LogP contribution in [0.3, 0.4) is 0 Å². The van der Waals surface area contributed by atoms with Crippen LogP contribution in [-0.4, -0.2) is 19.5 Å². The van der Waals surface area contributed by atoms with Crippen LogP contribution in [0.5, 0.6) is 0 Å². The molecule has 1 aromatic rings. The third kappa shape index (κ3) is 3.84. The van der Waals surface area contributed by atoms with Gasteiger partial charge in [0, 0.05) is 19.6 Å². The van der Waals surface area contributed by atoms with Crippen LogP contribution >= 0.6 is 0 Å². The van der Waals surface area contributed by atoms with Crippen molar-refractivity contribution in [1.29, 1.82) is 0 Å². The lowest BCUT2D eigenvalue weighted by molar-refractivity contribution is -0.128. The van der Waals surface area contributed by atoms with Gasteiger partial charge in [-0.15, -0.1) is 0 Å². The molecule has 2 N–H and O–H groups in total. The van der Waals surface area contributed by atoms with E-state index in [1.165, 1.54) is 11.1 Å². The topological polar surface area (TPSA) is 41.1 Å². The summed E-state index contributed by atoms with van der Waals surface area (Å²) < 4.78 is 0. The van der Waals surface area contributed by atoms with E-state index in [1.807, 2.05) is 13.8 Å². The van der Waals surface area contributed by atoms with E-state index in [0.29, 0.717) is 6.54 Å². The third-order valence-corrected chi connectivity index (χ3v) is 3.23. The number of carbonyl (C=O) groups excluding carboxylic acids is 1. The summed E-state index contributed by atoms with van der Waals surface area (Å²) in [7, 11) is 1.67. The van der Waals surface area contributed by atoms with E-state index in [4.69, 9.17) is 0 Å². The zero-order chi connectivity index (χ0) is 13.8. The van der Waals surface area contributed by atoms with Gasteiger partial charge in [-0.3, -0.25) is 4.79 Å². The first-order valence-electron chi connectivity index (χ1n) is 6.39. The van der Waals surface area contributed by atoms with Crippen LogP contribution in [0.4, 0.5) is 0 Å². The molecule has 100 valence electrons. The van der Waals surface area contributed by atoms with Gasteiger partial charge in [-0.1, -0.05) is 29.8 Å². The third-order valence-electron chi connectivity index (χ3n) is 3.23. The van der Waals surface area contributed by atoms with E-state index in [1.54, 1.807) is 7.05 Å². The van der Waals surface area contributed by atoms with Gasteiger partial charge in [0.25, 0.3) is 0 Å². The van der Waals surface area contributed by atoms with Crippen LogP contribution < -0.4 is 10.6 Å². The van der Waals surface area contributed by atoms with Crippen LogP contribution in [0.25, 0.3) is 0 Å². The molecule has 0 saturated heterocycles. The van der Waals surface area contributed by atoms with Crippen molar-refractivity contribution in [2.45, 2.75) is 33.7 Å². The molecule has 1 rings (SSSR count). The normalized spacial score (nSPS) is 13.2. The highest BCUT2D eigenvalue weighted by molar-refractivity contribution is 5.81. The van der Waals surface area contributed by atoms with Crippen molar-refractivity contribution in [3.63, 3.8) is 0 Å². The number of nitrogens with one attached hydrogen (secondary N) is 2.